The Morgan fingerprint density at radius 2 is 2.26 bits per heavy atom. The van der Waals surface area contributed by atoms with Gasteiger partial charge in [-0.2, -0.15) is 4.98 Å². The summed E-state index contributed by atoms with van der Waals surface area (Å²) in [5.41, 5.74) is 4.79. The highest BCUT2D eigenvalue weighted by molar-refractivity contribution is 7.32. The molecule has 0 radical (unpaired) electrons. The third-order valence-electron chi connectivity index (χ3n) is 3.32. The molecule has 0 saturated carbocycles. The molecule has 0 bridgehead atoms. The molecule has 1 aliphatic heterocycles. The predicted octanol–water partition coefficient (Wildman–Crippen LogP) is -0.455. The first-order valence-electron chi connectivity index (χ1n) is 7.03. The summed E-state index contributed by atoms with van der Waals surface area (Å²) in [6, 6.07) is 1.41. The van der Waals surface area contributed by atoms with Crippen molar-refractivity contribution in [3.63, 3.8) is 0 Å². The molecule has 0 aliphatic carbocycles. The van der Waals surface area contributed by atoms with E-state index < -0.39 is 45.1 Å². The van der Waals surface area contributed by atoms with E-state index in [1.165, 1.54) is 12.3 Å². The van der Waals surface area contributed by atoms with Crippen LogP contribution in [0.5, 0.6) is 0 Å². The minimum Gasteiger partial charge on any atom is -0.394 e. The van der Waals surface area contributed by atoms with Crippen LogP contribution in [0.3, 0.4) is 0 Å². The number of aliphatic hydroxyl groups is 1. The van der Waals surface area contributed by atoms with Crippen molar-refractivity contribution in [1.82, 2.24) is 9.55 Å². The van der Waals surface area contributed by atoms with Crippen LogP contribution in [0.15, 0.2) is 17.1 Å². The quantitative estimate of drug-likeness (QED) is 0.557. The van der Waals surface area contributed by atoms with Crippen LogP contribution in [-0.2, 0) is 18.6 Å². The summed E-state index contributed by atoms with van der Waals surface area (Å²) in [5, 5.41) is 9.41. The maximum Gasteiger partial charge on any atom is 0.695 e. The molecule has 0 amide bonds. The maximum absolute atomic E-state index is 12.0. The average molecular weight is 348 g/mol. The fourth-order valence-electron chi connectivity index (χ4n) is 2.36. The zero-order valence-electron chi connectivity index (χ0n) is 12.4. The summed E-state index contributed by atoms with van der Waals surface area (Å²) in [4.78, 5) is 24.6. The van der Waals surface area contributed by atoms with E-state index in [9.17, 15) is 14.5 Å². The Bertz CT molecular complexity index is 611. The molecule has 128 valence electrons. The van der Waals surface area contributed by atoms with Gasteiger partial charge in [0.05, 0.1) is 6.61 Å². The molecule has 23 heavy (non-hydrogen) atoms. The molecule has 2 heterocycles. The lowest BCUT2D eigenvalue weighted by molar-refractivity contribution is -0.0736. The van der Waals surface area contributed by atoms with E-state index in [1.54, 1.807) is 0 Å². The minimum absolute atomic E-state index is 0.0558. The van der Waals surface area contributed by atoms with Gasteiger partial charge in [0.2, 0.25) is 0 Å². The van der Waals surface area contributed by atoms with Crippen molar-refractivity contribution in [2.45, 2.75) is 37.9 Å². The summed E-state index contributed by atoms with van der Waals surface area (Å²) in [5.74, 6) is 0.0558. The lowest BCUT2D eigenvalue weighted by Crippen LogP contribution is -2.39. The van der Waals surface area contributed by atoms with Gasteiger partial charge in [-0.15, -0.1) is 9.42 Å². The van der Waals surface area contributed by atoms with E-state index >= 15 is 0 Å². The second-order valence-electron chi connectivity index (χ2n) is 4.93. The average Bonchev–Trinajstić information content (AvgIpc) is 2.82. The van der Waals surface area contributed by atoms with Crippen LogP contribution in [0.4, 0.5) is 5.82 Å². The summed E-state index contributed by atoms with van der Waals surface area (Å²) in [6.45, 7) is 1.74. The van der Waals surface area contributed by atoms with Crippen molar-refractivity contribution in [1.29, 1.82) is 0 Å². The third kappa shape index (κ3) is 4.11. The number of anilines is 1. The highest BCUT2D eigenvalue weighted by Crippen LogP contribution is 2.37. The first-order valence-corrected chi connectivity index (χ1v) is 8.16. The van der Waals surface area contributed by atoms with Gasteiger partial charge in [0.25, 0.3) is 0 Å². The van der Waals surface area contributed by atoms with Crippen LogP contribution in [0.2, 0.25) is 0 Å². The number of rotatable bonds is 7. The summed E-state index contributed by atoms with van der Waals surface area (Å²) in [7, 11) is -2.93. The Morgan fingerprint density at radius 3 is 2.83 bits per heavy atom. The molecular formula is C12H19N3O7P+. The van der Waals surface area contributed by atoms with Crippen molar-refractivity contribution in [2.75, 3.05) is 18.9 Å². The molecule has 5 atom stereocenters. The zero-order chi connectivity index (χ0) is 17.0. The zero-order valence-corrected chi connectivity index (χ0v) is 13.3. The van der Waals surface area contributed by atoms with Gasteiger partial charge < -0.3 is 20.3 Å². The number of nitrogens with two attached hydrogens (primary N) is 1. The SMILES string of the molecule is CCCOC1C(O[P+](=O)O)[C@@H](CO)O[C@H]1n1ccc(N)nc1=O. The molecule has 3 unspecified atom stereocenters. The van der Waals surface area contributed by atoms with E-state index in [-0.39, 0.29) is 5.82 Å². The Hall–Kier alpha value is -1.42. The first kappa shape index (κ1) is 17.9. The van der Waals surface area contributed by atoms with Crippen LogP contribution in [0, 0.1) is 0 Å². The van der Waals surface area contributed by atoms with Crippen LogP contribution < -0.4 is 11.4 Å². The largest absolute Gasteiger partial charge is 0.695 e. The van der Waals surface area contributed by atoms with Gasteiger partial charge in [0.1, 0.15) is 18.0 Å². The normalized spacial score (nSPS) is 28.0. The summed E-state index contributed by atoms with van der Waals surface area (Å²) < 4.78 is 28.3. The van der Waals surface area contributed by atoms with E-state index in [4.69, 9.17) is 24.6 Å². The lowest BCUT2D eigenvalue weighted by atomic mass is 10.1. The van der Waals surface area contributed by atoms with Crippen LogP contribution in [0.1, 0.15) is 19.6 Å². The number of nitrogen functional groups attached to an aromatic ring is 1. The van der Waals surface area contributed by atoms with Crippen LogP contribution >= 0.6 is 8.25 Å². The lowest BCUT2D eigenvalue weighted by Gasteiger charge is -2.21. The van der Waals surface area contributed by atoms with Gasteiger partial charge in [0, 0.05) is 17.4 Å². The monoisotopic (exact) mass is 348 g/mol. The Kier molecular flexibility index (Phi) is 6.17. The fourth-order valence-corrected chi connectivity index (χ4v) is 2.83. The number of aliphatic hydroxyl groups excluding tert-OH is 1. The Balaban J connectivity index is 2.35. The second kappa shape index (κ2) is 7.91. The number of hydrogen-bond acceptors (Lipinski definition) is 8. The van der Waals surface area contributed by atoms with Crippen molar-refractivity contribution in [2.24, 2.45) is 0 Å². The molecule has 0 spiro atoms. The molecule has 1 aromatic heterocycles. The van der Waals surface area contributed by atoms with Crippen molar-refractivity contribution in [3.05, 3.63) is 22.7 Å². The molecular weight excluding hydrogens is 329 g/mol. The standard InChI is InChI=1S/C12H18N3O7P/c1-2-5-20-10-9(22-23(18)19)7(6-16)21-11(10)15-4-3-8(13)14-12(15)17/h3-4,7,9-11,16H,2,5-6H2,1H3,(H2-,13,14,17,18,19)/p+1/t7-,9?,10?,11-/m1/s1. The van der Waals surface area contributed by atoms with Gasteiger partial charge in [-0.25, -0.2) is 4.79 Å². The van der Waals surface area contributed by atoms with Crippen molar-refractivity contribution >= 4 is 14.1 Å². The number of nitrogens with zero attached hydrogens (tertiary/aromatic N) is 2. The van der Waals surface area contributed by atoms with Crippen molar-refractivity contribution in [3.8, 4) is 0 Å². The molecule has 1 saturated heterocycles. The summed E-state index contributed by atoms with van der Waals surface area (Å²) in [6.07, 6.45) is -1.68. The number of hydrogen-bond donors (Lipinski definition) is 3. The summed E-state index contributed by atoms with van der Waals surface area (Å²) >= 11 is 0. The molecule has 1 aliphatic rings. The second-order valence-corrected chi connectivity index (χ2v) is 5.62. The molecule has 0 aromatic carbocycles. The Morgan fingerprint density at radius 1 is 1.52 bits per heavy atom. The van der Waals surface area contributed by atoms with E-state index in [2.05, 4.69) is 4.98 Å². The first-order chi connectivity index (χ1) is 11.0. The molecule has 4 N–H and O–H groups in total. The topological polar surface area (TPSA) is 146 Å². The molecule has 2 rings (SSSR count). The highest BCUT2D eigenvalue weighted by atomic mass is 31.1. The fraction of sp³-hybridized carbons (Fsp3) is 0.667. The van der Waals surface area contributed by atoms with E-state index in [0.29, 0.717) is 13.0 Å². The molecule has 11 heteroatoms. The van der Waals surface area contributed by atoms with Gasteiger partial charge in [-0.3, -0.25) is 4.57 Å². The molecule has 1 fully saturated rings. The molecule has 1 aromatic rings. The van der Waals surface area contributed by atoms with Crippen LogP contribution in [0.25, 0.3) is 0 Å². The Labute approximate surface area is 132 Å². The van der Waals surface area contributed by atoms with Crippen LogP contribution in [-0.4, -0.2) is 51.1 Å². The highest BCUT2D eigenvalue weighted by Gasteiger charge is 2.51. The predicted molar refractivity (Wildman–Crippen MR) is 78.6 cm³/mol. The molecule has 10 nitrogen and oxygen atoms in total. The maximum atomic E-state index is 12.0. The van der Waals surface area contributed by atoms with Gasteiger partial charge in [-0.05, 0) is 12.5 Å². The van der Waals surface area contributed by atoms with Gasteiger partial charge in [-0.1, -0.05) is 6.92 Å². The third-order valence-corrected chi connectivity index (χ3v) is 3.74. The van der Waals surface area contributed by atoms with Gasteiger partial charge >= 0.3 is 13.9 Å². The number of aromatic nitrogens is 2. The minimum atomic E-state index is -2.93. The van der Waals surface area contributed by atoms with Crippen molar-refractivity contribution < 1.29 is 28.6 Å². The van der Waals surface area contributed by atoms with E-state index in [1.807, 2.05) is 6.92 Å². The van der Waals surface area contributed by atoms with Gasteiger partial charge in [0.15, 0.2) is 12.3 Å². The smallest absolute Gasteiger partial charge is 0.394 e. The number of ether oxygens (including phenoxy) is 2. The van der Waals surface area contributed by atoms with E-state index in [0.717, 1.165) is 4.57 Å².